The number of hydrogen-bond acceptors (Lipinski definition) is 3. The van der Waals surface area contributed by atoms with Crippen LogP contribution < -0.4 is 10.6 Å². The highest BCUT2D eigenvalue weighted by Crippen LogP contribution is 2.12. The lowest BCUT2D eigenvalue weighted by molar-refractivity contribution is -0.132. The van der Waals surface area contributed by atoms with Crippen molar-refractivity contribution < 1.29 is 9.59 Å². The van der Waals surface area contributed by atoms with Crippen LogP contribution in [0.15, 0.2) is 48.5 Å². The van der Waals surface area contributed by atoms with E-state index in [1.165, 1.54) is 0 Å². The molecule has 21 heavy (non-hydrogen) atoms. The molecule has 2 amide bonds. The van der Waals surface area contributed by atoms with Gasteiger partial charge in [0.05, 0.1) is 11.6 Å². The summed E-state index contributed by atoms with van der Waals surface area (Å²) in [5.74, 6) is -1.51. The molecule has 0 aliphatic carbocycles. The van der Waals surface area contributed by atoms with Crippen LogP contribution in [-0.2, 0) is 9.59 Å². The van der Waals surface area contributed by atoms with Crippen LogP contribution >= 0.6 is 22.6 Å². The van der Waals surface area contributed by atoms with E-state index in [2.05, 4.69) is 33.2 Å². The van der Waals surface area contributed by atoms with E-state index in [-0.39, 0.29) is 0 Å². The molecule has 0 spiro atoms. The first-order chi connectivity index (χ1) is 10.1. The van der Waals surface area contributed by atoms with Crippen LogP contribution in [0, 0.1) is 14.9 Å². The van der Waals surface area contributed by atoms with Crippen LogP contribution in [0.3, 0.4) is 0 Å². The Hall–Kier alpha value is -2.40. The Balaban J connectivity index is 1.97. The molecule has 0 fully saturated rings. The van der Waals surface area contributed by atoms with Gasteiger partial charge < -0.3 is 10.6 Å². The monoisotopic (exact) mass is 391 g/mol. The number of nitriles is 1. The number of amides is 2. The van der Waals surface area contributed by atoms with Gasteiger partial charge in [-0.3, -0.25) is 9.59 Å². The van der Waals surface area contributed by atoms with Crippen molar-refractivity contribution in [2.24, 2.45) is 0 Å². The summed E-state index contributed by atoms with van der Waals surface area (Å²) in [6.07, 6.45) is 0. The van der Waals surface area contributed by atoms with Gasteiger partial charge in [0.2, 0.25) is 0 Å². The third kappa shape index (κ3) is 4.29. The fourth-order valence-electron chi connectivity index (χ4n) is 1.54. The summed E-state index contributed by atoms with van der Waals surface area (Å²) in [7, 11) is 0. The quantitative estimate of drug-likeness (QED) is 0.610. The van der Waals surface area contributed by atoms with Gasteiger partial charge in [-0.2, -0.15) is 5.26 Å². The van der Waals surface area contributed by atoms with E-state index in [1.807, 2.05) is 18.2 Å². The zero-order valence-corrected chi connectivity index (χ0v) is 12.9. The minimum atomic E-state index is -0.766. The summed E-state index contributed by atoms with van der Waals surface area (Å²) in [6, 6.07) is 15.3. The summed E-state index contributed by atoms with van der Waals surface area (Å²) in [5, 5.41) is 13.6. The SMILES string of the molecule is N#Cc1ccc(NC(=O)C(=O)Nc2ccc(I)cc2)cc1. The van der Waals surface area contributed by atoms with Crippen molar-refractivity contribution in [3.05, 3.63) is 57.7 Å². The lowest BCUT2D eigenvalue weighted by Crippen LogP contribution is -2.29. The van der Waals surface area contributed by atoms with Crippen molar-refractivity contribution >= 4 is 45.8 Å². The average Bonchev–Trinajstić information content (AvgIpc) is 2.50. The van der Waals surface area contributed by atoms with E-state index in [0.717, 1.165) is 3.57 Å². The smallest absolute Gasteiger partial charge is 0.314 e. The van der Waals surface area contributed by atoms with Crippen molar-refractivity contribution in [1.29, 1.82) is 5.26 Å². The molecular weight excluding hydrogens is 381 g/mol. The summed E-state index contributed by atoms with van der Waals surface area (Å²) in [4.78, 5) is 23.5. The number of benzene rings is 2. The van der Waals surface area contributed by atoms with E-state index in [9.17, 15) is 9.59 Å². The van der Waals surface area contributed by atoms with Crippen molar-refractivity contribution in [2.45, 2.75) is 0 Å². The van der Waals surface area contributed by atoms with E-state index < -0.39 is 11.8 Å². The van der Waals surface area contributed by atoms with E-state index >= 15 is 0 Å². The minimum absolute atomic E-state index is 0.455. The number of carbonyl (C=O) groups excluding carboxylic acids is 2. The molecule has 0 radical (unpaired) electrons. The molecule has 0 unspecified atom stereocenters. The fraction of sp³-hybridized carbons (Fsp3) is 0. The minimum Gasteiger partial charge on any atom is -0.318 e. The van der Waals surface area contributed by atoms with Crippen molar-refractivity contribution in [1.82, 2.24) is 0 Å². The number of nitrogens with one attached hydrogen (secondary N) is 2. The molecule has 0 aliphatic heterocycles. The first kappa shape index (κ1) is 15.0. The summed E-state index contributed by atoms with van der Waals surface area (Å²) in [6.45, 7) is 0. The van der Waals surface area contributed by atoms with Crippen LogP contribution in [0.5, 0.6) is 0 Å². The molecule has 0 heterocycles. The predicted molar refractivity (Wildman–Crippen MR) is 87.6 cm³/mol. The maximum absolute atomic E-state index is 11.7. The molecular formula is C15H10IN3O2. The van der Waals surface area contributed by atoms with Crippen LogP contribution in [0.1, 0.15) is 5.56 Å². The van der Waals surface area contributed by atoms with Crippen molar-refractivity contribution in [3.8, 4) is 6.07 Å². The molecule has 0 aliphatic rings. The first-order valence-corrected chi connectivity index (χ1v) is 7.04. The number of anilines is 2. The van der Waals surface area contributed by atoms with Gasteiger partial charge in [0.1, 0.15) is 0 Å². The van der Waals surface area contributed by atoms with Gasteiger partial charge in [0.15, 0.2) is 0 Å². The molecule has 0 saturated heterocycles. The molecule has 0 bridgehead atoms. The van der Waals surface area contributed by atoms with Crippen LogP contribution in [0.4, 0.5) is 11.4 Å². The van der Waals surface area contributed by atoms with Gasteiger partial charge in [-0.15, -0.1) is 0 Å². The molecule has 104 valence electrons. The maximum atomic E-state index is 11.7. The zero-order valence-electron chi connectivity index (χ0n) is 10.8. The topological polar surface area (TPSA) is 82.0 Å². The fourth-order valence-corrected chi connectivity index (χ4v) is 1.90. The van der Waals surface area contributed by atoms with Crippen LogP contribution in [0.25, 0.3) is 0 Å². The largest absolute Gasteiger partial charge is 0.318 e. The Kier molecular flexibility index (Phi) is 4.90. The molecule has 2 N–H and O–H groups in total. The molecule has 0 saturated carbocycles. The number of rotatable bonds is 2. The molecule has 2 aromatic carbocycles. The number of nitrogens with zero attached hydrogens (tertiary/aromatic N) is 1. The molecule has 0 atom stereocenters. The highest BCUT2D eigenvalue weighted by molar-refractivity contribution is 14.1. The highest BCUT2D eigenvalue weighted by Gasteiger charge is 2.13. The van der Waals surface area contributed by atoms with Gasteiger partial charge in [0.25, 0.3) is 0 Å². The standard InChI is InChI=1S/C15H10IN3O2/c16-11-3-7-13(8-4-11)19-15(21)14(20)18-12-5-1-10(9-17)2-6-12/h1-8H,(H,18,20)(H,19,21). The molecule has 5 nitrogen and oxygen atoms in total. The van der Waals surface area contributed by atoms with Gasteiger partial charge in [-0.25, -0.2) is 0 Å². The van der Waals surface area contributed by atoms with Gasteiger partial charge in [-0.05, 0) is 71.1 Å². The van der Waals surface area contributed by atoms with Crippen molar-refractivity contribution in [2.75, 3.05) is 10.6 Å². The second-order valence-electron chi connectivity index (χ2n) is 4.10. The second-order valence-corrected chi connectivity index (χ2v) is 5.35. The Morgan fingerprint density at radius 2 is 1.29 bits per heavy atom. The molecule has 2 aromatic rings. The summed E-state index contributed by atoms with van der Waals surface area (Å²) >= 11 is 2.15. The first-order valence-electron chi connectivity index (χ1n) is 5.96. The lowest BCUT2D eigenvalue weighted by atomic mass is 10.2. The average molecular weight is 391 g/mol. The maximum Gasteiger partial charge on any atom is 0.314 e. The number of carbonyl (C=O) groups is 2. The lowest BCUT2D eigenvalue weighted by Gasteiger charge is -2.06. The molecule has 0 aromatic heterocycles. The van der Waals surface area contributed by atoms with Crippen LogP contribution in [0.2, 0.25) is 0 Å². The summed E-state index contributed by atoms with van der Waals surface area (Å²) < 4.78 is 1.03. The molecule has 2 rings (SSSR count). The number of hydrogen-bond donors (Lipinski definition) is 2. The summed E-state index contributed by atoms with van der Waals surface area (Å²) in [5.41, 5.74) is 1.49. The Morgan fingerprint density at radius 1 is 0.857 bits per heavy atom. The van der Waals surface area contributed by atoms with Crippen molar-refractivity contribution in [3.63, 3.8) is 0 Å². The third-order valence-corrected chi connectivity index (χ3v) is 3.30. The third-order valence-electron chi connectivity index (χ3n) is 2.58. The van der Waals surface area contributed by atoms with Crippen LogP contribution in [-0.4, -0.2) is 11.8 Å². The zero-order chi connectivity index (χ0) is 15.2. The van der Waals surface area contributed by atoms with E-state index in [1.54, 1.807) is 36.4 Å². The Bertz CT molecular complexity index is 703. The second kappa shape index (κ2) is 6.85. The Labute approximate surface area is 135 Å². The highest BCUT2D eigenvalue weighted by atomic mass is 127. The predicted octanol–water partition coefficient (Wildman–Crippen LogP) is 2.74. The Morgan fingerprint density at radius 3 is 1.71 bits per heavy atom. The number of halogens is 1. The van der Waals surface area contributed by atoms with E-state index in [0.29, 0.717) is 16.9 Å². The van der Waals surface area contributed by atoms with Gasteiger partial charge in [0, 0.05) is 14.9 Å². The van der Waals surface area contributed by atoms with Gasteiger partial charge in [-0.1, -0.05) is 0 Å². The van der Waals surface area contributed by atoms with Gasteiger partial charge >= 0.3 is 11.8 Å². The molecule has 6 heteroatoms. The van der Waals surface area contributed by atoms with E-state index in [4.69, 9.17) is 5.26 Å². The normalized spacial score (nSPS) is 9.52.